The van der Waals surface area contributed by atoms with E-state index in [0.717, 1.165) is 38.8 Å². The van der Waals surface area contributed by atoms with Crippen LogP contribution >= 0.6 is 0 Å². The third-order valence-corrected chi connectivity index (χ3v) is 9.70. The van der Waals surface area contributed by atoms with Crippen LogP contribution in [0.15, 0.2) is 0 Å². The summed E-state index contributed by atoms with van der Waals surface area (Å²) in [6.45, 7) is 9.59. The molecule has 0 saturated carbocycles. The summed E-state index contributed by atoms with van der Waals surface area (Å²) in [5.41, 5.74) is 5.76. The molecule has 0 spiro atoms. The van der Waals surface area contributed by atoms with E-state index < -0.39 is 0 Å². The molecule has 1 unspecified atom stereocenters. The molecule has 0 aliphatic heterocycles. The number of carbonyl (C=O) groups is 2. The lowest BCUT2D eigenvalue weighted by Crippen LogP contribution is -2.33. The van der Waals surface area contributed by atoms with E-state index in [4.69, 9.17) is 10.5 Å². The topological polar surface area (TPSA) is 72.6 Å². The van der Waals surface area contributed by atoms with Crippen molar-refractivity contribution < 1.29 is 14.3 Å². The van der Waals surface area contributed by atoms with Crippen molar-refractivity contribution in [3.05, 3.63) is 0 Å². The van der Waals surface area contributed by atoms with E-state index in [1.165, 1.54) is 161 Å². The number of hydrogen-bond acceptors (Lipinski definition) is 4. The first-order valence-electron chi connectivity index (χ1n) is 20.7. The Kier molecular flexibility index (Phi) is 35.9. The zero-order chi connectivity index (χ0) is 33.8. The first-order chi connectivity index (χ1) is 22.6. The molecule has 1 atom stereocenters. The summed E-state index contributed by atoms with van der Waals surface area (Å²) in [5, 5.41) is 0. The molecule has 0 bridgehead atoms. The van der Waals surface area contributed by atoms with Gasteiger partial charge in [0.05, 0.1) is 6.61 Å². The van der Waals surface area contributed by atoms with Crippen LogP contribution in [0.3, 0.4) is 0 Å². The smallest absolute Gasteiger partial charge is 0.305 e. The SMILES string of the molecule is CCCCCCCCCCCCCCCCN(CCCN)C(=O)CCCCC(=O)OCC(CCCCCC)CCCCCCCC. The molecule has 0 aromatic heterocycles. The monoisotopic (exact) mass is 651 g/mol. The minimum absolute atomic E-state index is 0.0867. The molecule has 0 aromatic carbocycles. The van der Waals surface area contributed by atoms with Gasteiger partial charge in [-0.15, -0.1) is 0 Å². The normalized spacial score (nSPS) is 12.0. The summed E-state index contributed by atoms with van der Waals surface area (Å²) in [6.07, 6.45) is 37.4. The van der Waals surface area contributed by atoms with E-state index in [-0.39, 0.29) is 11.9 Å². The van der Waals surface area contributed by atoms with Gasteiger partial charge in [0, 0.05) is 25.9 Å². The second-order valence-corrected chi connectivity index (χ2v) is 14.3. The molecule has 0 aliphatic rings. The Labute approximate surface area is 288 Å². The van der Waals surface area contributed by atoms with Crippen LogP contribution < -0.4 is 5.73 Å². The zero-order valence-corrected chi connectivity index (χ0v) is 31.6. The summed E-state index contributed by atoms with van der Waals surface area (Å²) >= 11 is 0. The first kappa shape index (κ1) is 44.9. The van der Waals surface area contributed by atoms with Gasteiger partial charge in [0.15, 0.2) is 0 Å². The van der Waals surface area contributed by atoms with Crippen LogP contribution in [0.1, 0.15) is 220 Å². The van der Waals surface area contributed by atoms with Crippen molar-refractivity contribution in [3.8, 4) is 0 Å². The second kappa shape index (κ2) is 36.7. The highest BCUT2D eigenvalue weighted by Crippen LogP contribution is 2.20. The highest BCUT2D eigenvalue weighted by molar-refractivity contribution is 5.76. The molecule has 0 saturated heterocycles. The molecule has 0 radical (unpaired) electrons. The van der Waals surface area contributed by atoms with Crippen molar-refractivity contribution in [1.82, 2.24) is 4.90 Å². The second-order valence-electron chi connectivity index (χ2n) is 14.3. The molecule has 2 N–H and O–H groups in total. The van der Waals surface area contributed by atoms with E-state index >= 15 is 0 Å². The molecule has 5 nitrogen and oxygen atoms in total. The van der Waals surface area contributed by atoms with Gasteiger partial charge in [-0.05, 0) is 51.0 Å². The van der Waals surface area contributed by atoms with Gasteiger partial charge in [0.1, 0.15) is 0 Å². The van der Waals surface area contributed by atoms with Crippen LogP contribution in [0.4, 0.5) is 0 Å². The van der Waals surface area contributed by atoms with Gasteiger partial charge >= 0.3 is 5.97 Å². The Morgan fingerprint density at radius 3 is 1.37 bits per heavy atom. The Bertz CT molecular complexity index is 641. The van der Waals surface area contributed by atoms with Gasteiger partial charge in [-0.1, -0.05) is 168 Å². The van der Waals surface area contributed by atoms with Crippen molar-refractivity contribution >= 4 is 11.9 Å². The number of unbranched alkanes of at least 4 members (excludes halogenated alkanes) is 22. The predicted octanol–water partition coefficient (Wildman–Crippen LogP) is 12.1. The van der Waals surface area contributed by atoms with E-state index in [0.29, 0.717) is 31.9 Å². The zero-order valence-electron chi connectivity index (χ0n) is 31.6. The summed E-state index contributed by atoms with van der Waals surface area (Å²) in [6, 6.07) is 0. The molecule has 5 heteroatoms. The number of hydrogen-bond donors (Lipinski definition) is 1. The summed E-state index contributed by atoms with van der Waals surface area (Å²) in [5.74, 6) is 0.638. The van der Waals surface area contributed by atoms with Crippen LogP contribution in [-0.4, -0.2) is 43.0 Å². The maximum absolute atomic E-state index is 13.0. The third kappa shape index (κ3) is 31.5. The molecule has 0 rings (SSSR count). The summed E-state index contributed by atoms with van der Waals surface area (Å²) in [4.78, 5) is 27.5. The molecule has 1 amide bonds. The highest BCUT2D eigenvalue weighted by Gasteiger charge is 2.15. The van der Waals surface area contributed by atoms with Gasteiger partial charge in [-0.25, -0.2) is 0 Å². The van der Waals surface area contributed by atoms with Crippen molar-refractivity contribution in [1.29, 1.82) is 0 Å². The van der Waals surface area contributed by atoms with Crippen LogP contribution in [0.2, 0.25) is 0 Å². The Hall–Kier alpha value is -1.10. The minimum atomic E-state index is -0.0867. The van der Waals surface area contributed by atoms with Gasteiger partial charge in [0.25, 0.3) is 0 Å². The van der Waals surface area contributed by atoms with Crippen molar-refractivity contribution in [2.75, 3.05) is 26.2 Å². The predicted molar refractivity (Wildman–Crippen MR) is 200 cm³/mol. The van der Waals surface area contributed by atoms with E-state index in [1.807, 2.05) is 4.90 Å². The molecule has 0 heterocycles. The Morgan fingerprint density at radius 2 is 0.891 bits per heavy atom. The van der Waals surface area contributed by atoms with Crippen LogP contribution in [0, 0.1) is 5.92 Å². The number of esters is 1. The molecule has 46 heavy (non-hydrogen) atoms. The quantitative estimate of drug-likeness (QED) is 0.0536. The van der Waals surface area contributed by atoms with Gasteiger partial charge in [-0.2, -0.15) is 0 Å². The average Bonchev–Trinajstić information content (AvgIpc) is 3.06. The van der Waals surface area contributed by atoms with Crippen molar-refractivity contribution in [2.24, 2.45) is 11.7 Å². The van der Waals surface area contributed by atoms with E-state index in [2.05, 4.69) is 20.8 Å². The maximum Gasteiger partial charge on any atom is 0.305 e. The number of nitrogens with two attached hydrogens (primary N) is 1. The minimum Gasteiger partial charge on any atom is -0.465 e. The van der Waals surface area contributed by atoms with Crippen LogP contribution in [-0.2, 0) is 14.3 Å². The van der Waals surface area contributed by atoms with E-state index in [9.17, 15) is 9.59 Å². The van der Waals surface area contributed by atoms with Crippen molar-refractivity contribution in [3.63, 3.8) is 0 Å². The number of rotatable bonds is 37. The van der Waals surface area contributed by atoms with Crippen LogP contribution in [0.5, 0.6) is 0 Å². The number of amides is 1. The molecular formula is C41H82N2O3. The fourth-order valence-electron chi connectivity index (χ4n) is 6.51. The summed E-state index contributed by atoms with van der Waals surface area (Å²) < 4.78 is 5.75. The Balaban J connectivity index is 4.11. The van der Waals surface area contributed by atoms with Crippen molar-refractivity contribution in [2.45, 2.75) is 220 Å². The Morgan fingerprint density at radius 1 is 0.500 bits per heavy atom. The third-order valence-electron chi connectivity index (χ3n) is 9.70. The van der Waals surface area contributed by atoms with Crippen LogP contribution in [0.25, 0.3) is 0 Å². The highest BCUT2D eigenvalue weighted by atomic mass is 16.5. The van der Waals surface area contributed by atoms with Gasteiger partial charge in [0.2, 0.25) is 5.91 Å². The molecule has 0 aromatic rings. The molecule has 274 valence electrons. The largest absolute Gasteiger partial charge is 0.465 e. The van der Waals surface area contributed by atoms with Gasteiger partial charge < -0.3 is 15.4 Å². The standard InChI is InChI=1S/C41H82N2O3/c1-4-7-10-13-15-16-17-18-19-20-21-22-24-29-36-43(37-30-35-42)40(44)33-27-28-34-41(45)46-38-39(31-25-12-9-6-3)32-26-23-14-11-8-5-2/h39H,4-38,42H2,1-3H3. The fourth-order valence-corrected chi connectivity index (χ4v) is 6.51. The van der Waals surface area contributed by atoms with Gasteiger partial charge in [-0.3, -0.25) is 9.59 Å². The first-order valence-corrected chi connectivity index (χ1v) is 20.7. The lowest BCUT2D eigenvalue weighted by atomic mass is 9.95. The summed E-state index contributed by atoms with van der Waals surface area (Å²) in [7, 11) is 0. The number of ether oxygens (including phenoxy) is 1. The lowest BCUT2D eigenvalue weighted by Gasteiger charge is -2.22. The number of nitrogens with zero attached hydrogens (tertiary/aromatic N) is 1. The average molecular weight is 651 g/mol. The fraction of sp³-hybridized carbons (Fsp3) is 0.951. The maximum atomic E-state index is 13.0. The molecular weight excluding hydrogens is 568 g/mol. The van der Waals surface area contributed by atoms with E-state index in [1.54, 1.807) is 0 Å². The molecule has 0 fully saturated rings. The lowest BCUT2D eigenvalue weighted by molar-refractivity contribution is -0.145. The molecule has 0 aliphatic carbocycles. The number of carbonyl (C=O) groups excluding carboxylic acids is 2.